The lowest BCUT2D eigenvalue weighted by Crippen LogP contribution is -2.37. The number of carbonyl (C=O) groups is 2. The van der Waals surface area contributed by atoms with E-state index in [-0.39, 0.29) is 23.4 Å². The summed E-state index contributed by atoms with van der Waals surface area (Å²) in [7, 11) is 0. The first-order chi connectivity index (χ1) is 14.7. The van der Waals surface area contributed by atoms with Crippen LogP contribution in [-0.4, -0.2) is 38.8 Å². The van der Waals surface area contributed by atoms with Crippen LogP contribution in [0.5, 0.6) is 0 Å². The molecule has 1 aromatic carbocycles. The van der Waals surface area contributed by atoms with Crippen LogP contribution >= 0.6 is 11.3 Å². The van der Waals surface area contributed by atoms with Gasteiger partial charge >= 0.3 is 12.1 Å². The van der Waals surface area contributed by atoms with Crippen molar-refractivity contribution in [3.63, 3.8) is 0 Å². The van der Waals surface area contributed by atoms with Crippen LogP contribution in [0, 0.1) is 0 Å². The van der Waals surface area contributed by atoms with Gasteiger partial charge in [0.25, 0.3) is 11.7 Å². The van der Waals surface area contributed by atoms with E-state index in [1.54, 1.807) is 17.5 Å². The fourth-order valence-electron chi connectivity index (χ4n) is 2.77. The topological polar surface area (TPSA) is 86.1 Å². The zero-order valence-corrected chi connectivity index (χ0v) is 17.0. The second-order valence-corrected chi connectivity index (χ2v) is 7.97. The molecule has 1 aliphatic rings. The van der Waals surface area contributed by atoms with E-state index in [1.807, 2.05) is 0 Å². The summed E-state index contributed by atoms with van der Waals surface area (Å²) in [5, 5.41) is 8.58. The zero-order chi connectivity index (χ0) is 22.2. The molecule has 1 atom stereocenters. The third kappa shape index (κ3) is 4.76. The SMILES string of the molecule is C[C@H](OC(=O)c1nc(-c2cccs2)n(-c2cccc(C(F)(F)F)c2)n1)C(=O)NC1CC1. The molecule has 1 N–H and O–H groups in total. The molecular formula is C20H17F3N4O3S. The maximum absolute atomic E-state index is 13.1. The Balaban J connectivity index is 1.65. The van der Waals surface area contributed by atoms with E-state index in [0.717, 1.165) is 29.7 Å². The van der Waals surface area contributed by atoms with Crippen LogP contribution in [0.3, 0.4) is 0 Å². The Morgan fingerprint density at radius 1 is 1.26 bits per heavy atom. The second-order valence-electron chi connectivity index (χ2n) is 7.03. The molecule has 1 amide bonds. The summed E-state index contributed by atoms with van der Waals surface area (Å²) in [5.41, 5.74) is -0.767. The molecule has 3 aromatic rings. The highest BCUT2D eigenvalue weighted by Gasteiger charge is 2.32. The van der Waals surface area contributed by atoms with Gasteiger partial charge < -0.3 is 10.1 Å². The van der Waals surface area contributed by atoms with E-state index in [9.17, 15) is 22.8 Å². The van der Waals surface area contributed by atoms with Gasteiger partial charge in [-0.1, -0.05) is 12.1 Å². The van der Waals surface area contributed by atoms with Crippen LogP contribution in [0.2, 0.25) is 0 Å². The highest BCUT2D eigenvalue weighted by atomic mass is 32.1. The minimum Gasteiger partial charge on any atom is -0.447 e. The van der Waals surface area contributed by atoms with E-state index < -0.39 is 29.7 Å². The Labute approximate surface area is 178 Å². The molecule has 1 fully saturated rings. The molecule has 31 heavy (non-hydrogen) atoms. The van der Waals surface area contributed by atoms with Crippen molar-refractivity contribution in [2.45, 2.75) is 38.1 Å². The van der Waals surface area contributed by atoms with Gasteiger partial charge in [0.2, 0.25) is 0 Å². The molecule has 0 spiro atoms. The Kier molecular flexibility index (Phi) is 5.52. The predicted octanol–water partition coefficient (Wildman–Crippen LogP) is 3.84. The van der Waals surface area contributed by atoms with Gasteiger partial charge in [0, 0.05) is 6.04 Å². The standard InChI is InChI=1S/C20H17F3N4O3S/c1-11(18(28)24-13-7-8-13)30-19(29)16-25-17(15-6-3-9-31-15)27(26-16)14-5-2-4-12(10-14)20(21,22)23/h2-6,9-11,13H,7-8H2,1H3,(H,24,28)/t11-/m0/s1. The molecule has 11 heteroatoms. The number of nitrogens with one attached hydrogen (secondary N) is 1. The van der Waals surface area contributed by atoms with E-state index in [4.69, 9.17) is 4.74 Å². The van der Waals surface area contributed by atoms with Gasteiger partial charge in [-0.3, -0.25) is 4.79 Å². The van der Waals surface area contributed by atoms with E-state index in [2.05, 4.69) is 15.4 Å². The molecular weight excluding hydrogens is 433 g/mol. The zero-order valence-electron chi connectivity index (χ0n) is 16.2. The lowest BCUT2D eigenvalue weighted by Gasteiger charge is -2.11. The maximum Gasteiger partial charge on any atom is 0.416 e. The molecule has 1 saturated carbocycles. The van der Waals surface area contributed by atoms with E-state index in [1.165, 1.54) is 30.4 Å². The molecule has 4 rings (SSSR count). The third-order valence-corrected chi connectivity index (χ3v) is 5.39. The molecule has 2 aromatic heterocycles. The van der Waals surface area contributed by atoms with Crippen molar-refractivity contribution in [3.05, 3.63) is 53.2 Å². The third-order valence-electron chi connectivity index (χ3n) is 4.53. The predicted molar refractivity (Wildman–Crippen MR) is 106 cm³/mol. The molecule has 0 saturated heterocycles. The van der Waals surface area contributed by atoms with Gasteiger partial charge in [-0.2, -0.15) is 18.2 Å². The minimum atomic E-state index is -4.54. The molecule has 0 unspecified atom stereocenters. The number of carbonyl (C=O) groups excluding carboxylic acids is 2. The Morgan fingerprint density at radius 2 is 2.03 bits per heavy atom. The summed E-state index contributed by atoms with van der Waals surface area (Å²) < 4.78 is 45.8. The van der Waals surface area contributed by atoms with Crippen molar-refractivity contribution in [1.82, 2.24) is 20.1 Å². The molecule has 1 aliphatic carbocycles. The minimum absolute atomic E-state index is 0.0873. The summed E-state index contributed by atoms with van der Waals surface area (Å²) in [4.78, 5) is 29.4. The van der Waals surface area contributed by atoms with Crippen LogP contribution in [0.15, 0.2) is 41.8 Å². The highest BCUT2D eigenvalue weighted by Crippen LogP contribution is 2.32. The number of alkyl halides is 3. The van der Waals surface area contributed by atoms with Crippen LogP contribution < -0.4 is 5.32 Å². The first kappa shape index (κ1) is 21.0. The Morgan fingerprint density at radius 3 is 2.68 bits per heavy atom. The number of thiophene rings is 1. The van der Waals surface area contributed by atoms with Crippen LogP contribution in [0.1, 0.15) is 35.9 Å². The van der Waals surface area contributed by atoms with Crippen LogP contribution in [0.25, 0.3) is 16.4 Å². The molecule has 0 bridgehead atoms. The van der Waals surface area contributed by atoms with Crippen molar-refractivity contribution in [1.29, 1.82) is 0 Å². The van der Waals surface area contributed by atoms with Crippen molar-refractivity contribution in [2.75, 3.05) is 0 Å². The Bertz CT molecular complexity index is 1110. The fourth-order valence-corrected chi connectivity index (χ4v) is 3.47. The van der Waals surface area contributed by atoms with E-state index >= 15 is 0 Å². The Hall–Kier alpha value is -3.21. The lowest BCUT2D eigenvalue weighted by molar-refractivity contribution is -0.137. The second kappa shape index (κ2) is 8.14. The maximum atomic E-state index is 13.1. The van der Waals surface area contributed by atoms with Crippen LogP contribution in [0.4, 0.5) is 13.2 Å². The number of halogens is 3. The first-order valence-corrected chi connectivity index (χ1v) is 10.3. The average Bonchev–Trinajstić information content (AvgIpc) is 3.20. The van der Waals surface area contributed by atoms with Crippen molar-refractivity contribution >= 4 is 23.2 Å². The molecule has 0 radical (unpaired) electrons. The monoisotopic (exact) mass is 450 g/mol. The average molecular weight is 450 g/mol. The smallest absolute Gasteiger partial charge is 0.416 e. The van der Waals surface area contributed by atoms with Crippen molar-refractivity contribution in [2.24, 2.45) is 0 Å². The fraction of sp³-hybridized carbons (Fsp3) is 0.300. The van der Waals surface area contributed by atoms with Gasteiger partial charge in [-0.25, -0.2) is 9.48 Å². The molecule has 162 valence electrons. The van der Waals surface area contributed by atoms with Gasteiger partial charge in [0.1, 0.15) is 0 Å². The van der Waals surface area contributed by atoms with Crippen molar-refractivity contribution < 1.29 is 27.5 Å². The number of rotatable bonds is 6. The summed E-state index contributed by atoms with van der Waals surface area (Å²) in [6.07, 6.45) is -3.82. The quantitative estimate of drug-likeness (QED) is 0.577. The number of benzene rings is 1. The number of nitrogens with zero attached hydrogens (tertiary/aromatic N) is 3. The van der Waals surface area contributed by atoms with E-state index in [0.29, 0.717) is 4.88 Å². The molecule has 7 nitrogen and oxygen atoms in total. The summed E-state index contributed by atoms with van der Waals surface area (Å²) in [5.74, 6) is -1.53. The number of esters is 1. The number of amides is 1. The largest absolute Gasteiger partial charge is 0.447 e. The summed E-state index contributed by atoms with van der Waals surface area (Å²) in [6.45, 7) is 1.43. The van der Waals surface area contributed by atoms with Gasteiger partial charge in [0.15, 0.2) is 11.9 Å². The first-order valence-electron chi connectivity index (χ1n) is 9.42. The lowest BCUT2D eigenvalue weighted by atomic mass is 10.2. The number of hydrogen-bond donors (Lipinski definition) is 1. The number of aromatic nitrogens is 3. The number of hydrogen-bond acceptors (Lipinski definition) is 6. The summed E-state index contributed by atoms with van der Waals surface area (Å²) in [6, 6.07) is 8.11. The van der Waals surface area contributed by atoms with Crippen LogP contribution in [-0.2, 0) is 15.7 Å². The molecule has 0 aliphatic heterocycles. The molecule has 2 heterocycles. The van der Waals surface area contributed by atoms with Gasteiger partial charge in [-0.15, -0.1) is 16.4 Å². The number of ether oxygens (including phenoxy) is 1. The summed E-state index contributed by atoms with van der Waals surface area (Å²) >= 11 is 1.29. The van der Waals surface area contributed by atoms with Crippen molar-refractivity contribution in [3.8, 4) is 16.4 Å². The normalized spacial score (nSPS) is 14.8. The van der Waals surface area contributed by atoms with Gasteiger partial charge in [-0.05, 0) is 49.4 Å². The van der Waals surface area contributed by atoms with Gasteiger partial charge in [0.05, 0.1) is 16.1 Å². The highest BCUT2D eigenvalue weighted by molar-refractivity contribution is 7.13.